The first-order valence-corrected chi connectivity index (χ1v) is 9.55. The highest BCUT2D eigenvalue weighted by atomic mass is 32.1. The van der Waals surface area contributed by atoms with Gasteiger partial charge in [0, 0.05) is 10.9 Å². The fraction of sp³-hybridized carbons (Fsp3) is 0.368. The van der Waals surface area contributed by atoms with Gasteiger partial charge in [0.25, 0.3) is 11.6 Å². The van der Waals surface area contributed by atoms with E-state index in [0.29, 0.717) is 16.5 Å². The lowest BCUT2D eigenvalue weighted by molar-refractivity contribution is -0.385. The van der Waals surface area contributed by atoms with E-state index in [9.17, 15) is 19.7 Å². The van der Waals surface area contributed by atoms with Crippen LogP contribution in [0.5, 0.6) is 0 Å². The van der Waals surface area contributed by atoms with Crippen LogP contribution in [0.1, 0.15) is 50.9 Å². The number of amides is 1. The van der Waals surface area contributed by atoms with E-state index in [1.807, 2.05) is 0 Å². The number of ether oxygens (including phenoxy) is 1. The molecule has 0 aliphatic heterocycles. The van der Waals surface area contributed by atoms with E-state index in [2.05, 4.69) is 12.2 Å². The minimum absolute atomic E-state index is 0.0453. The molecule has 3 rings (SSSR count). The molecule has 1 aromatic carbocycles. The van der Waals surface area contributed by atoms with E-state index in [-0.39, 0.29) is 11.3 Å². The van der Waals surface area contributed by atoms with E-state index in [0.717, 1.165) is 36.1 Å². The van der Waals surface area contributed by atoms with Gasteiger partial charge < -0.3 is 10.1 Å². The summed E-state index contributed by atoms with van der Waals surface area (Å²) in [5, 5.41) is 14.3. The Labute approximate surface area is 160 Å². The minimum atomic E-state index is -0.613. The zero-order valence-corrected chi connectivity index (χ0v) is 15.9. The van der Waals surface area contributed by atoms with E-state index in [1.54, 1.807) is 6.07 Å². The summed E-state index contributed by atoms with van der Waals surface area (Å²) in [7, 11) is 1.30. The van der Waals surface area contributed by atoms with Crippen molar-refractivity contribution in [3.63, 3.8) is 0 Å². The van der Waals surface area contributed by atoms with Crippen LogP contribution in [0, 0.1) is 16.0 Å². The first-order valence-electron chi connectivity index (χ1n) is 8.73. The summed E-state index contributed by atoms with van der Waals surface area (Å²) in [6, 6.07) is 5.74. The van der Waals surface area contributed by atoms with Crippen molar-refractivity contribution < 1.29 is 19.2 Å². The van der Waals surface area contributed by atoms with Crippen LogP contribution in [0.3, 0.4) is 0 Å². The highest BCUT2D eigenvalue weighted by molar-refractivity contribution is 7.17. The summed E-state index contributed by atoms with van der Waals surface area (Å²) < 4.78 is 4.91. The van der Waals surface area contributed by atoms with Crippen LogP contribution in [0.25, 0.3) is 0 Å². The molecule has 1 heterocycles. The lowest BCUT2D eigenvalue weighted by Gasteiger charge is -2.20. The van der Waals surface area contributed by atoms with Crippen LogP contribution in [0.15, 0.2) is 24.3 Å². The zero-order valence-electron chi connectivity index (χ0n) is 15.1. The Morgan fingerprint density at radius 1 is 1.37 bits per heavy atom. The SMILES string of the molecule is CC[C@H]1CCc2c(sc(NC(=O)c3ccccc3[N+](=O)[O-])c2C(=O)OC)C1. The van der Waals surface area contributed by atoms with E-state index in [1.165, 1.54) is 36.6 Å². The van der Waals surface area contributed by atoms with Gasteiger partial charge in [0.05, 0.1) is 17.6 Å². The second-order valence-electron chi connectivity index (χ2n) is 6.44. The molecule has 1 N–H and O–H groups in total. The Bertz CT molecular complexity index is 906. The second-order valence-corrected chi connectivity index (χ2v) is 7.55. The van der Waals surface area contributed by atoms with Gasteiger partial charge in [-0.2, -0.15) is 0 Å². The van der Waals surface area contributed by atoms with Crippen LogP contribution in [-0.4, -0.2) is 23.9 Å². The molecule has 0 unspecified atom stereocenters. The van der Waals surface area contributed by atoms with Crippen molar-refractivity contribution in [3.05, 3.63) is 55.9 Å². The predicted octanol–water partition coefficient (Wildman–Crippen LogP) is 4.21. The number of nitro benzene ring substituents is 1. The predicted molar refractivity (Wildman–Crippen MR) is 103 cm³/mol. The number of nitrogens with one attached hydrogen (secondary N) is 1. The Morgan fingerprint density at radius 3 is 2.78 bits per heavy atom. The van der Waals surface area contributed by atoms with Crippen molar-refractivity contribution in [1.82, 2.24) is 0 Å². The quantitative estimate of drug-likeness (QED) is 0.470. The molecule has 0 fully saturated rings. The summed E-state index contributed by atoms with van der Waals surface area (Å²) in [5.41, 5.74) is 0.978. The molecule has 0 saturated carbocycles. The van der Waals surface area contributed by atoms with E-state index >= 15 is 0 Å². The molecule has 0 radical (unpaired) electrons. The number of carbonyl (C=O) groups excluding carboxylic acids is 2. The number of anilines is 1. The van der Waals surface area contributed by atoms with Crippen molar-refractivity contribution in [1.29, 1.82) is 0 Å². The largest absolute Gasteiger partial charge is 0.465 e. The monoisotopic (exact) mass is 388 g/mol. The molecule has 0 saturated heterocycles. The highest BCUT2D eigenvalue weighted by Gasteiger charge is 2.30. The smallest absolute Gasteiger partial charge is 0.341 e. The number of nitro groups is 1. The standard InChI is InChI=1S/C19H20N2O5S/c1-3-11-8-9-13-15(10-11)27-18(16(13)19(23)26-2)20-17(22)12-6-4-5-7-14(12)21(24)25/h4-7,11H,3,8-10H2,1-2H3,(H,20,22)/t11-/m0/s1. The molecule has 1 aliphatic carbocycles. The van der Waals surface area contributed by atoms with Crippen LogP contribution in [0.2, 0.25) is 0 Å². The molecular formula is C19H20N2O5S. The minimum Gasteiger partial charge on any atom is -0.465 e. The Hall–Kier alpha value is -2.74. The van der Waals surface area contributed by atoms with Crippen molar-refractivity contribution in [2.45, 2.75) is 32.6 Å². The van der Waals surface area contributed by atoms with Gasteiger partial charge in [-0.3, -0.25) is 14.9 Å². The lowest BCUT2D eigenvalue weighted by atomic mass is 9.85. The number of esters is 1. The Kier molecular flexibility index (Phi) is 5.55. The van der Waals surface area contributed by atoms with Gasteiger partial charge in [0.15, 0.2) is 0 Å². The summed E-state index contributed by atoms with van der Waals surface area (Å²) in [5.74, 6) is -0.557. The van der Waals surface area contributed by atoms with Gasteiger partial charge in [-0.05, 0) is 36.8 Å². The van der Waals surface area contributed by atoms with Crippen LogP contribution < -0.4 is 5.32 Å². The maximum atomic E-state index is 12.7. The summed E-state index contributed by atoms with van der Waals surface area (Å²) in [6.45, 7) is 2.14. The lowest BCUT2D eigenvalue weighted by Crippen LogP contribution is -2.17. The normalized spacial score (nSPS) is 15.7. The molecule has 0 bridgehead atoms. The Balaban J connectivity index is 1.98. The number of hydrogen-bond donors (Lipinski definition) is 1. The highest BCUT2D eigenvalue weighted by Crippen LogP contribution is 2.41. The van der Waals surface area contributed by atoms with Gasteiger partial charge >= 0.3 is 5.97 Å². The third-order valence-corrected chi connectivity index (χ3v) is 6.08. The molecule has 1 amide bonds. The summed E-state index contributed by atoms with van der Waals surface area (Å²) >= 11 is 1.36. The van der Waals surface area contributed by atoms with Gasteiger partial charge in [0.1, 0.15) is 10.6 Å². The Morgan fingerprint density at radius 2 is 2.11 bits per heavy atom. The van der Waals surface area contributed by atoms with Crippen molar-refractivity contribution in [2.24, 2.45) is 5.92 Å². The molecule has 27 heavy (non-hydrogen) atoms. The number of para-hydroxylation sites is 1. The number of rotatable bonds is 5. The zero-order chi connectivity index (χ0) is 19.6. The number of benzene rings is 1. The van der Waals surface area contributed by atoms with E-state index < -0.39 is 16.8 Å². The number of fused-ring (bicyclic) bond motifs is 1. The van der Waals surface area contributed by atoms with Crippen molar-refractivity contribution >= 4 is 33.9 Å². The third kappa shape index (κ3) is 3.71. The second kappa shape index (κ2) is 7.87. The number of thiophene rings is 1. The fourth-order valence-electron chi connectivity index (χ4n) is 3.40. The van der Waals surface area contributed by atoms with Gasteiger partial charge in [0.2, 0.25) is 0 Å². The molecule has 142 valence electrons. The first kappa shape index (κ1) is 19.0. The molecule has 8 heteroatoms. The van der Waals surface area contributed by atoms with Crippen LogP contribution >= 0.6 is 11.3 Å². The molecule has 1 aromatic heterocycles. The number of nitrogens with zero attached hydrogens (tertiary/aromatic N) is 1. The van der Waals surface area contributed by atoms with Gasteiger partial charge in [-0.25, -0.2) is 4.79 Å². The average molecular weight is 388 g/mol. The van der Waals surface area contributed by atoms with Crippen LogP contribution in [0.4, 0.5) is 10.7 Å². The van der Waals surface area contributed by atoms with Crippen LogP contribution in [-0.2, 0) is 17.6 Å². The summed E-state index contributed by atoms with van der Waals surface area (Å²) in [4.78, 5) is 36.7. The third-order valence-electron chi connectivity index (χ3n) is 4.91. The molecule has 7 nitrogen and oxygen atoms in total. The summed E-state index contributed by atoms with van der Waals surface area (Å²) in [6.07, 6.45) is 3.67. The molecule has 1 aliphatic rings. The van der Waals surface area contributed by atoms with Crippen molar-refractivity contribution in [2.75, 3.05) is 12.4 Å². The maximum absolute atomic E-state index is 12.7. The topological polar surface area (TPSA) is 98.5 Å². The number of carbonyl (C=O) groups is 2. The molecule has 0 spiro atoms. The maximum Gasteiger partial charge on any atom is 0.341 e. The first-order chi connectivity index (χ1) is 13.0. The average Bonchev–Trinajstić information content (AvgIpc) is 3.03. The fourth-order valence-corrected chi connectivity index (χ4v) is 4.75. The van der Waals surface area contributed by atoms with Gasteiger partial charge in [-0.1, -0.05) is 25.5 Å². The number of hydrogen-bond acceptors (Lipinski definition) is 6. The molecule has 2 aromatic rings. The van der Waals surface area contributed by atoms with E-state index in [4.69, 9.17) is 4.74 Å². The molecular weight excluding hydrogens is 368 g/mol. The molecule has 1 atom stereocenters. The van der Waals surface area contributed by atoms with Gasteiger partial charge in [-0.15, -0.1) is 11.3 Å². The number of methoxy groups -OCH3 is 1. The van der Waals surface area contributed by atoms with Crippen molar-refractivity contribution in [3.8, 4) is 0 Å².